The lowest BCUT2D eigenvalue weighted by Crippen LogP contribution is -2.43. The molecule has 3 heterocycles. The first kappa shape index (κ1) is 31.1. The molecule has 1 aromatic heterocycles. The summed E-state index contributed by atoms with van der Waals surface area (Å²) in [7, 11) is 0. The van der Waals surface area contributed by atoms with E-state index in [-0.39, 0.29) is 6.04 Å². The van der Waals surface area contributed by atoms with Gasteiger partial charge in [0.15, 0.2) is 0 Å². The van der Waals surface area contributed by atoms with Crippen LogP contribution < -0.4 is 27.2 Å². The van der Waals surface area contributed by atoms with Crippen LogP contribution in [0.3, 0.4) is 0 Å². The summed E-state index contributed by atoms with van der Waals surface area (Å²) >= 11 is 0. The van der Waals surface area contributed by atoms with E-state index in [1.165, 1.54) is 60.9 Å². The fraction of sp³-hybridized carbons (Fsp3) is 0.140. The van der Waals surface area contributed by atoms with E-state index in [1.807, 2.05) is 0 Å². The fourth-order valence-corrected chi connectivity index (χ4v) is 7.32. The Morgan fingerprint density at radius 3 is 2.04 bits per heavy atom. The molecule has 238 valence electrons. The molecule has 6 aromatic rings. The molecule has 0 spiro atoms. The van der Waals surface area contributed by atoms with Crippen LogP contribution in [0.2, 0.25) is 0 Å². The summed E-state index contributed by atoms with van der Waals surface area (Å²) in [5, 5.41) is 13.0. The zero-order valence-electron chi connectivity index (χ0n) is 27.7. The van der Waals surface area contributed by atoms with Crippen molar-refractivity contribution in [3.05, 3.63) is 166 Å². The van der Waals surface area contributed by atoms with E-state index in [0.29, 0.717) is 5.84 Å². The first-order chi connectivity index (χ1) is 23.5. The molecular weight excluding hydrogens is 587 g/mol. The van der Waals surface area contributed by atoms with Crippen LogP contribution in [-0.2, 0) is 6.42 Å². The second-order valence-electron chi connectivity index (χ2n) is 12.5. The highest BCUT2D eigenvalue weighted by molar-refractivity contribution is 6.08. The van der Waals surface area contributed by atoms with E-state index in [2.05, 4.69) is 175 Å². The van der Waals surface area contributed by atoms with Crippen LogP contribution >= 0.6 is 0 Å². The van der Waals surface area contributed by atoms with Crippen LogP contribution in [0.5, 0.6) is 0 Å². The number of para-hydroxylation sites is 2. The van der Waals surface area contributed by atoms with Crippen LogP contribution in [0.1, 0.15) is 41.2 Å². The van der Waals surface area contributed by atoms with Crippen LogP contribution in [-0.4, -0.2) is 16.4 Å². The van der Waals surface area contributed by atoms with E-state index in [4.69, 9.17) is 0 Å². The highest BCUT2D eigenvalue weighted by Gasteiger charge is 2.39. The van der Waals surface area contributed by atoms with Gasteiger partial charge in [0.1, 0.15) is 5.84 Å². The van der Waals surface area contributed by atoms with Gasteiger partial charge in [0.05, 0.1) is 22.6 Å². The first-order valence-corrected chi connectivity index (χ1v) is 16.6. The predicted octanol–water partition coefficient (Wildman–Crippen LogP) is 7.44. The Morgan fingerprint density at radius 1 is 0.729 bits per heavy atom. The minimum atomic E-state index is 0.200. The second kappa shape index (κ2) is 13.0. The number of hydrogen-bond acceptors (Lipinski definition) is 4. The maximum absolute atomic E-state index is 9.37. The number of benzene rings is 5. The Morgan fingerprint density at radius 2 is 1.33 bits per heavy atom. The number of rotatable bonds is 2. The number of nitrogens with one attached hydrogen (secondary N) is 1. The quantitative estimate of drug-likeness (QED) is 0.0807. The third-order valence-corrected chi connectivity index (χ3v) is 9.69. The van der Waals surface area contributed by atoms with Gasteiger partial charge in [-0.3, -0.25) is 21.7 Å². The average molecular weight is 628 g/mol. The van der Waals surface area contributed by atoms with Gasteiger partial charge in [-0.1, -0.05) is 133 Å². The molecule has 9 rings (SSSR count). The number of fused-ring (bicyclic) bond motifs is 11. The largest absolute Gasteiger partial charge is 0.332 e. The Labute approximate surface area is 282 Å². The predicted molar refractivity (Wildman–Crippen MR) is 202 cm³/mol. The third-order valence-electron chi connectivity index (χ3n) is 9.69. The lowest BCUT2D eigenvalue weighted by Gasteiger charge is -2.36. The zero-order chi connectivity index (χ0) is 33.4. The first-order valence-electron chi connectivity index (χ1n) is 16.6. The fourth-order valence-electron chi connectivity index (χ4n) is 7.32. The molecule has 0 saturated carbocycles. The molecule has 1 unspecified atom stereocenters. The zero-order valence-corrected chi connectivity index (χ0v) is 27.7. The second-order valence-corrected chi connectivity index (χ2v) is 12.5. The lowest BCUT2D eigenvalue weighted by molar-refractivity contribution is 0.836. The highest BCUT2D eigenvalue weighted by atomic mass is 15.2. The molecule has 0 fully saturated rings. The van der Waals surface area contributed by atoms with Crippen molar-refractivity contribution in [1.29, 1.82) is 5.41 Å². The van der Waals surface area contributed by atoms with Crippen molar-refractivity contribution >= 4 is 39.8 Å². The summed E-state index contributed by atoms with van der Waals surface area (Å²) in [4.78, 5) is 2.53. The van der Waals surface area contributed by atoms with E-state index >= 15 is 0 Å². The topological polar surface area (TPSA) is 84.1 Å². The Bertz CT molecular complexity index is 2310. The van der Waals surface area contributed by atoms with Crippen molar-refractivity contribution in [2.45, 2.75) is 39.7 Å². The Hall–Kier alpha value is -5.49. The number of hydrazine groups is 1. The van der Waals surface area contributed by atoms with Gasteiger partial charge in [-0.05, 0) is 56.0 Å². The molecule has 2 aliphatic heterocycles. The number of nitrogens with two attached hydrogens (primary N) is 2. The van der Waals surface area contributed by atoms with Crippen LogP contribution in [0, 0.1) is 19.3 Å². The molecule has 3 aliphatic rings. The van der Waals surface area contributed by atoms with Crippen molar-refractivity contribution in [1.82, 2.24) is 4.57 Å². The van der Waals surface area contributed by atoms with E-state index in [9.17, 15) is 5.41 Å². The summed E-state index contributed by atoms with van der Waals surface area (Å²) < 4.78 is 2.18. The lowest BCUT2D eigenvalue weighted by atomic mass is 9.91. The van der Waals surface area contributed by atoms with Gasteiger partial charge >= 0.3 is 0 Å². The van der Waals surface area contributed by atoms with Gasteiger partial charge < -0.3 is 4.90 Å². The van der Waals surface area contributed by atoms with Gasteiger partial charge in [0.25, 0.3) is 0 Å². The van der Waals surface area contributed by atoms with Gasteiger partial charge in [-0.25, -0.2) is 0 Å². The summed E-state index contributed by atoms with van der Waals surface area (Å²) in [5.41, 5.74) is 13.7. The van der Waals surface area contributed by atoms with Gasteiger partial charge in [-0.15, -0.1) is 0 Å². The molecule has 5 aromatic carbocycles. The normalized spacial score (nSPS) is 14.9. The summed E-state index contributed by atoms with van der Waals surface area (Å²) in [6.07, 6.45) is 6.86. The Balaban J connectivity index is 0.000000287. The van der Waals surface area contributed by atoms with E-state index < -0.39 is 0 Å². The molecular formula is C43H41N5. The van der Waals surface area contributed by atoms with Crippen LogP contribution in [0.15, 0.2) is 127 Å². The summed E-state index contributed by atoms with van der Waals surface area (Å²) in [6, 6.07) is 43.2. The monoisotopic (exact) mass is 627 g/mol. The van der Waals surface area contributed by atoms with Crippen molar-refractivity contribution in [2.75, 3.05) is 4.90 Å². The molecule has 0 amide bonds. The smallest absolute Gasteiger partial charge is 0.137 e. The van der Waals surface area contributed by atoms with E-state index in [1.54, 1.807) is 0 Å². The SMILES string of the molecule is CCc1ccc(C)cc1.Cc1ccc(C(=N)n2c3c(c4ccccc42)=CCC2C=3C=C3c4ccccc4-c4ccccc4N32)cc1.NN. The minimum absolute atomic E-state index is 0.200. The highest BCUT2D eigenvalue weighted by Crippen LogP contribution is 2.50. The van der Waals surface area contributed by atoms with E-state index in [0.717, 1.165) is 29.3 Å². The van der Waals surface area contributed by atoms with Crippen molar-refractivity contribution in [3.63, 3.8) is 0 Å². The maximum atomic E-state index is 9.37. The number of nitrogens with zero attached hydrogens (tertiary/aromatic N) is 2. The summed E-state index contributed by atoms with van der Waals surface area (Å²) in [5.74, 6) is 8.52. The number of aromatic nitrogens is 1. The Kier molecular flexibility index (Phi) is 8.40. The van der Waals surface area contributed by atoms with Crippen molar-refractivity contribution in [2.24, 2.45) is 11.7 Å². The van der Waals surface area contributed by atoms with Gasteiger partial charge in [-0.2, -0.15) is 0 Å². The molecule has 1 atom stereocenters. The number of hydrogen-bond donors (Lipinski definition) is 3. The molecule has 5 N–H and O–H groups in total. The third kappa shape index (κ3) is 5.18. The van der Waals surface area contributed by atoms with Crippen LogP contribution in [0.4, 0.5) is 5.69 Å². The number of aryl methyl sites for hydroxylation is 3. The molecule has 0 bridgehead atoms. The standard InChI is InChI=1S/C34H25N3.C9H12.H4N2/c1-21-14-16-22(17-15-21)34(35)37-30-13-7-5-11-26(30)27-18-19-31-28(33(27)37)20-32-25-10-3-2-8-23(25)24-9-4-6-12-29(24)36(31)32;1-3-9-6-4-8(2)5-7-9;1-2/h2-18,20,31,35H,19H2,1H3;4-7H,3H2,1-2H3;1-2H2. The van der Waals surface area contributed by atoms with Crippen molar-refractivity contribution in [3.8, 4) is 11.1 Å². The van der Waals surface area contributed by atoms with Gasteiger partial charge in [0, 0.05) is 38.6 Å². The molecule has 1 aliphatic carbocycles. The number of anilines is 1. The van der Waals surface area contributed by atoms with Gasteiger partial charge in [0.2, 0.25) is 0 Å². The maximum Gasteiger partial charge on any atom is 0.137 e. The summed E-state index contributed by atoms with van der Waals surface area (Å²) in [6.45, 7) is 6.37. The van der Waals surface area contributed by atoms with Crippen LogP contribution in [0.25, 0.3) is 39.4 Å². The molecule has 5 nitrogen and oxygen atoms in total. The average Bonchev–Trinajstić information content (AvgIpc) is 3.70. The molecule has 0 saturated heterocycles. The molecule has 5 heteroatoms. The molecule has 0 radical (unpaired) electrons. The molecule has 48 heavy (non-hydrogen) atoms. The minimum Gasteiger partial charge on any atom is -0.332 e. The van der Waals surface area contributed by atoms with Crippen molar-refractivity contribution < 1.29 is 0 Å².